The minimum atomic E-state index is -0.0770. The van der Waals surface area contributed by atoms with Crippen molar-refractivity contribution >= 4 is 22.2 Å². The number of hydrogen-bond donors (Lipinski definition) is 2. The van der Waals surface area contributed by atoms with Gasteiger partial charge in [-0.05, 0) is 49.9 Å². The fourth-order valence-electron chi connectivity index (χ4n) is 3.56. The van der Waals surface area contributed by atoms with Crippen LogP contribution in [0.3, 0.4) is 0 Å². The van der Waals surface area contributed by atoms with Gasteiger partial charge in [0.05, 0.1) is 26.3 Å². The van der Waals surface area contributed by atoms with Crippen molar-refractivity contribution in [1.82, 2.24) is 0 Å². The molecule has 1 aromatic heterocycles. The number of nitrogens with one attached hydrogen (secondary N) is 2. The van der Waals surface area contributed by atoms with E-state index >= 15 is 0 Å². The summed E-state index contributed by atoms with van der Waals surface area (Å²) in [5.74, 6) is 1.34. The normalized spacial score (nSPS) is 13.5. The molecule has 1 heterocycles. The smallest absolute Gasteiger partial charge is 0.280 e. The Morgan fingerprint density at radius 3 is 2.89 bits per heavy atom. The number of fused-ring (bicyclic) bond motifs is 1. The van der Waals surface area contributed by atoms with Gasteiger partial charge in [-0.25, -0.2) is 0 Å². The second kappa shape index (κ2) is 9.09. The Labute approximate surface area is 169 Å². The van der Waals surface area contributed by atoms with Gasteiger partial charge in [-0.3, -0.25) is 4.79 Å². The van der Waals surface area contributed by atoms with Crippen molar-refractivity contribution in [3.63, 3.8) is 0 Å². The van der Waals surface area contributed by atoms with Gasteiger partial charge in [-0.15, -0.1) is 11.3 Å². The van der Waals surface area contributed by atoms with Crippen LogP contribution in [0.4, 0.5) is 5.00 Å². The van der Waals surface area contributed by atoms with Gasteiger partial charge in [0, 0.05) is 10.4 Å². The van der Waals surface area contributed by atoms with Crippen molar-refractivity contribution in [1.29, 1.82) is 5.26 Å². The highest BCUT2D eigenvalue weighted by Crippen LogP contribution is 2.38. The molecule has 2 aromatic rings. The van der Waals surface area contributed by atoms with E-state index in [1.165, 1.54) is 4.88 Å². The lowest BCUT2D eigenvalue weighted by molar-refractivity contribution is -0.885. The summed E-state index contributed by atoms with van der Waals surface area (Å²) in [5.41, 5.74) is 2.85. The van der Waals surface area contributed by atoms with Crippen molar-refractivity contribution in [3.05, 3.63) is 39.8 Å². The number of carbonyl (C=O) groups is 1. The first kappa shape index (κ1) is 20.2. The minimum absolute atomic E-state index is 0.0770. The number of quaternary nitrogens is 1. The van der Waals surface area contributed by atoms with Gasteiger partial charge in [0.2, 0.25) is 0 Å². The lowest BCUT2D eigenvalue weighted by Gasteiger charge is -2.15. The Morgan fingerprint density at radius 2 is 2.18 bits per heavy atom. The van der Waals surface area contributed by atoms with Crippen LogP contribution in [0, 0.1) is 11.3 Å². The van der Waals surface area contributed by atoms with Gasteiger partial charge in [0.25, 0.3) is 5.91 Å². The van der Waals surface area contributed by atoms with E-state index in [2.05, 4.69) is 11.4 Å². The molecule has 7 heteroatoms. The van der Waals surface area contributed by atoms with Crippen molar-refractivity contribution in [2.45, 2.75) is 32.7 Å². The summed E-state index contributed by atoms with van der Waals surface area (Å²) in [5, 5.41) is 13.1. The molecule has 6 nitrogen and oxygen atoms in total. The number of benzene rings is 1. The zero-order valence-corrected chi connectivity index (χ0v) is 17.4. The highest BCUT2D eigenvalue weighted by atomic mass is 32.1. The number of amides is 1. The topological polar surface area (TPSA) is 75.8 Å². The van der Waals surface area contributed by atoms with Crippen LogP contribution in [0.15, 0.2) is 18.2 Å². The molecule has 148 valence electrons. The summed E-state index contributed by atoms with van der Waals surface area (Å²) in [7, 11) is 3.60. The number of ether oxygens (including phenoxy) is 2. The molecule has 0 aliphatic heterocycles. The molecule has 1 aliphatic carbocycles. The summed E-state index contributed by atoms with van der Waals surface area (Å²) in [6.07, 6.45) is 3.05. The van der Waals surface area contributed by atoms with Crippen molar-refractivity contribution in [2.75, 3.05) is 32.6 Å². The number of carbonyl (C=O) groups excluding carboxylic acids is 1. The third-order valence-electron chi connectivity index (χ3n) is 4.78. The molecule has 1 unspecified atom stereocenters. The molecule has 1 amide bonds. The van der Waals surface area contributed by atoms with Crippen LogP contribution >= 0.6 is 11.3 Å². The van der Waals surface area contributed by atoms with Crippen LogP contribution in [0.25, 0.3) is 0 Å². The van der Waals surface area contributed by atoms with Crippen molar-refractivity contribution in [2.24, 2.45) is 0 Å². The Kier molecular flexibility index (Phi) is 6.55. The van der Waals surface area contributed by atoms with E-state index in [0.717, 1.165) is 41.0 Å². The summed E-state index contributed by atoms with van der Waals surface area (Å²) in [6, 6.07) is 8.11. The molecule has 1 atom stereocenters. The molecule has 0 fully saturated rings. The maximum atomic E-state index is 12.5. The molecule has 28 heavy (non-hydrogen) atoms. The van der Waals surface area contributed by atoms with Crippen LogP contribution in [0.2, 0.25) is 0 Å². The molecule has 3 rings (SSSR count). The molecule has 1 aromatic carbocycles. The second-order valence-electron chi connectivity index (χ2n) is 6.95. The minimum Gasteiger partial charge on any atom is -0.493 e. The van der Waals surface area contributed by atoms with Gasteiger partial charge in [-0.1, -0.05) is 0 Å². The van der Waals surface area contributed by atoms with Crippen molar-refractivity contribution < 1.29 is 19.2 Å². The molecule has 0 bridgehead atoms. The van der Waals surface area contributed by atoms with Gasteiger partial charge >= 0.3 is 0 Å². The number of nitrogens with zero attached hydrogens (tertiary/aromatic N) is 1. The first-order valence-corrected chi connectivity index (χ1v) is 10.3. The van der Waals surface area contributed by atoms with Crippen LogP contribution < -0.4 is 19.7 Å². The standard InChI is InChI=1S/C21H25N3O3S/c1-4-27-17-9-8-14(10-18(17)26-3)12-24(2)13-20(25)23-21-16(11-22)15-6-5-7-19(15)28-21/h8-10H,4-7,12-13H2,1-3H3,(H,23,25)/p+1. The molecular formula is C21H26N3O3S+. The third-order valence-corrected chi connectivity index (χ3v) is 5.99. The maximum absolute atomic E-state index is 12.5. The molecule has 0 saturated carbocycles. The van der Waals surface area contributed by atoms with Crippen molar-refractivity contribution in [3.8, 4) is 17.6 Å². The third kappa shape index (κ3) is 4.46. The molecule has 0 radical (unpaired) electrons. The van der Waals surface area contributed by atoms with E-state index in [0.29, 0.717) is 36.0 Å². The maximum Gasteiger partial charge on any atom is 0.280 e. The molecule has 0 spiro atoms. The van der Waals surface area contributed by atoms with Gasteiger partial charge in [-0.2, -0.15) is 5.26 Å². The summed E-state index contributed by atoms with van der Waals surface area (Å²) < 4.78 is 10.9. The van der Waals surface area contributed by atoms with Gasteiger partial charge in [0.1, 0.15) is 17.6 Å². The average molecular weight is 401 g/mol. The Balaban J connectivity index is 1.60. The van der Waals surface area contributed by atoms with E-state index in [-0.39, 0.29) is 5.91 Å². The number of likely N-dealkylation sites (N-methyl/N-ethyl adjacent to an activating group) is 1. The van der Waals surface area contributed by atoms with Crippen LogP contribution in [-0.2, 0) is 24.2 Å². The first-order valence-electron chi connectivity index (χ1n) is 9.51. The molecule has 1 aliphatic rings. The first-order chi connectivity index (χ1) is 13.5. The van der Waals surface area contributed by atoms with Crippen LogP contribution in [-0.4, -0.2) is 33.2 Å². The Bertz CT molecular complexity index is 901. The van der Waals surface area contributed by atoms with Crippen LogP contribution in [0.1, 0.15) is 34.9 Å². The summed E-state index contributed by atoms with van der Waals surface area (Å²) in [4.78, 5) is 14.8. The number of nitriles is 1. The number of thiophene rings is 1. The zero-order valence-electron chi connectivity index (χ0n) is 16.6. The number of methoxy groups -OCH3 is 1. The summed E-state index contributed by atoms with van der Waals surface area (Å²) >= 11 is 1.55. The fraction of sp³-hybridized carbons (Fsp3) is 0.429. The predicted molar refractivity (Wildman–Crippen MR) is 109 cm³/mol. The van der Waals surface area contributed by atoms with E-state index in [1.807, 2.05) is 32.2 Å². The Morgan fingerprint density at radius 1 is 1.36 bits per heavy atom. The van der Waals surface area contributed by atoms with Gasteiger partial charge < -0.3 is 19.7 Å². The highest BCUT2D eigenvalue weighted by Gasteiger charge is 2.23. The SMILES string of the molecule is CCOc1ccc(C[NH+](C)CC(=O)Nc2sc3c(c2C#N)CCC3)cc1OC. The van der Waals surface area contributed by atoms with E-state index in [1.54, 1.807) is 18.4 Å². The quantitative estimate of drug-likeness (QED) is 0.712. The fourth-order valence-corrected chi connectivity index (χ4v) is 4.82. The highest BCUT2D eigenvalue weighted by molar-refractivity contribution is 7.16. The van der Waals surface area contributed by atoms with Crippen LogP contribution in [0.5, 0.6) is 11.5 Å². The number of aryl methyl sites for hydroxylation is 1. The molecule has 2 N–H and O–H groups in total. The lowest BCUT2D eigenvalue weighted by Crippen LogP contribution is -3.08. The predicted octanol–water partition coefficient (Wildman–Crippen LogP) is 2.17. The molecular weight excluding hydrogens is 374 g/mol. The number of rotatable bonds is 8. The largest absolute Gasteiger partial charge is 0.493 e. The average Bonchev–Trinajstić information content (AvgIpc) is 3.23. The second-order valence-corrected chi connectivity index (χ2v) is 8.06. The van der Waals surface area contributed by atoms with E-state index < -0.39 is 0 Å². The monoisotopic (exact) mass is 400 g/mol. The number of anilines is 1. The number of hydrogen-bond acceptors (Lipinski definition) is 5. The van der Waals surface area contributed by atoms with E-state index in [4.69, 9.17) is 9.47 Å². The summed E-state index contributed by atoms with van der Waals surface area (Å²) in [6.45, 7) is 3.52. The molecule has 0 saturated heterocycles. The Hall–Kier alpha value is -2.56. The zero-order chi connectivity index (χ0) is 20.1. The lowest BCUT2D eigenvalue weighted by atomic mass is 10.1. The van der Waals surface area contributed by atoms with E-state index in [9.17, 15) is 10.1 Å². The van der Waals surface area contributed by atoms with Gasteiger partial charge in [0.15, 0.2) is 18.0 Å².